The van der Waals surface area contributed by atoms with E-state index in [4.69, 9.17) is 0 Å². The molecule has 2 heterocycles. The van der Waals surface area contributed by atoms with E-state index >= 15 is 0 Å². The van der Waals surface area contributed by atoms with Crippen molar-refractivity contribution in [1.29, 1.82) is 0 Å². The van der Waals surface area contributed by atoms with Crippen LogP contribution in [0.15, 0.2) is 36.5 Å². The van der Waals surface area contributed by atoms with Crippen molar-refractivity contribution < 1.29 is 0 Å². The lowest BCUT2D eigenvalue weighted by Gasteiger charge is -1.99. The fourth-order valence-electron chi connectivity index (χ4n) is 2.04. The van der Waals surface area contributed by atoms with Crippen molar-refractivity contribution in [2.45, 2.75) is 13.8 Å². The number of nitrogens with one attached hydrogen (secondary N) is 1. The first kappa shape index (κ1) is 10.0. The maximum atomic E-state index is 4.39. The number of hydrogen-bond acceptors (Lipinski definition) is 2. The molecule has 0 aliphatic heterocycles. The number of aromatic nitrogens is 3. The van der Waals surface area contributed by atoms with E-state index in [2.05, 4.69) is 46.4 Å². The molecule has 3 heteroatoms. The Bertz CT molecular complexity index is 683. The fraction of sp³-hybridized carbons (Fsp3) is 0.143. The first-order chi connectivity index (χ1) is 8.24. The molecular weight excluding hydrogens is 210 g/mol. The van der Waals surface area contributed by atoms with Gasteiger partial charge in [-0.15, -0.1) is 0 Å². The number of hydrogen-bond donors (Lipinski definition) is 1. The third-order valence-corrected chi connectivity index (χ3v) is 2.89. The van der Waals surface area contributed by atoms with Crippen LogP contribution >= 0.6 is 0 Å². The zero-order chi connectivity index (χ0) is 11.8. The normalized spacial score (nSPS) is 10.9. The lowest BCUT2D eigenvalue weighted by atomic mass is 10.1. The Labute approximate surface area is 99.5 Å². The van der Waals surface area contributed by atoms with Gasteiger partial charge in [0.25, 0.3) is 0 Å². The molecular formula is C14H13N3. The van der Waals surface area contributed by atoms with Gasteiger partial charge in [-0.2, -0.15) is 5.10 Å². The molecule has 3 rings (SSSR count). The van der Waals surface area contributed by atoms with Crippen LogP contribution in [0.5, 0.6) is 0 Å². The smallest absolute Gasteiger partial charge is 0.100 e. The summed E-state index contributed by atoms with van der Waals surface area (Å²) in [7, 11) is 0. The molecule has 0 aliphatic rings. The number of pyridine rings is 1. The Morgan fingerprint density at radius 2 is 1.94 bits per heavy atom. The van der Waals surface area contributed by atoms with Crippen LogP contribution in [-0.2, 0) is 0 Å². The topological polar surface area (TPSA) is 41.6 Å². The molecule has 0 saturated heterocycles. The van der Waals surface area contributed by atoms with Gasteiger partial charge in [-0.25, -0.2) is 0 Å². The molecule has 3 aromatic rings. The fourth-order valence-corrected chi connectivity index (χ4v) is 2.04. The highest BCUT2D eigenvalue weighted by Crippen LogP contribution is 2.26. The molecule has 17 heavy (non-hydrogen) atoms. The lowest BCUT2D eigenvalue weighted by Crippen LogP contribution is -1.83. The van der Waals surface area contributed by atoms with E-state index in [0.717, 1.165) is 27.9 Å². The minimum atomic E-state index is 0.995. The molecule has 1 N–H and O–H groups in total. The van der Waals surface area contributed by atoms with E-state index in [1.165, 1.54) is 5.56 Å². The van der Waals surface area contributed by atoms with Crippen LogP contribution < -0.4 is 0 Å². The number of nitrogens with zero attached hydrogens (tertiary/aromatic N) is 2. The van der Waals surface area contributed by atoms with Gasteiger partial charge in [-0.05, 0) is 38.1 Å². The SMILES string of the molecule is Cc1ccc2[nH]nc(-c3ccnc(C)c3)c2c1. The Hall–Kier alpha value is -2.16. The summed E-state index contributed by atoms with van der Waals surface area (Å²) in [6.45, 7) is 4.08. The molecule has 0 unspecified atom stereocenters. The van der Waals surface area contributed by atoms with Crippen molar-refractivity contribution in [2.24, 2.45) is 0 Å². The molecule has 0 fully saturated rings. The van der Waals surface area contributed by atoms with Crippen molar-refractivity contribution in [3.63, 3.8) is 0 Å². The van der Waals surface area contributed by atoms with Crippen molar-refractivity contribution in [1.82, 2.24) is 15.2 Å². The zero-order valence-electron chi connectivity index (χ0n) is 9.86. The Kier molecular flexibility index (Phi) is 2.18. The maximum Gasteiger partial charge on any atom is 0.100 e. The van der Waals surface area contributed by atoms with Crippen molar-refractivity contribution in [2.75, 3.05) is 0 Å². The average molecular weight is 223 g/mol. The first-order valence-electron chi connectivity index (χ1n) is 5.62. The van der Waals surface area contributed by atoms with Crippen molar-refractivity contribution in [3.8, 4) is 11.3 Å². The second kappa shape index (κ2) is 3.70. The predicted molar refractivity (Wildman–Crippen MR) is 68.8 cm³/mol. The van der Waals surface area contributed by atoms with Crippen LogP contribution in [0.4, 0.5) is 0 Å². The van der Waals surface area contributed by atoms with E-state index < -0.39 is 0 Å². The number of rotatable bonds is 1. The highest BCUT2D eigenvalue weighted by molar-refractivity contribution is 5.93. The number of aryl methyl sites for hydroxylation is 2. The lowest BCUT2D eigenvalue weighted by molar-refractivity contribution is 1.12. The summed E-state index contributed by atoms with van der Waals surface area (Å²) in [6.07, 6.45) is 1.82. The predicted octanol–water partition coefficient (Wildman–Crippen LogP) is 3.24. The van der Waals surface area contributed by atoms with E-state index in [-0.39, 0.29) is 0 Å². The number of aromatic amines is 1. The Balaban J connectivity index is 2.27. The minimum Gasteiger partial charge on any atom is -0.277 e. The number of fused-ring (bicyclic) bond motifs is 1. The summed E-state index contributed by atoms with van der Waals surface area (Å²) in [5, 5.41) is 8.62. The molecule has 0 bridgehead atoms. The van der Waals surface area contributed by atoms with Crippen molar-refractivity contribution in [3.05, 3.63) is 47.8 Å². The van der Waals surface area contributed by atoms with Gasteiger partial charge in [-0.1, -0.05) is 11.6 Å². The number of H-pyrrole nitrogens is 1. The van der Waals surface area contributed by atoms with Gasteiger partial charge >= 0.3 is 0 Å². The van der Waals surface area contributed by atoms with Gasteiger partial charge < -0.3 is 0 Å². The van der Waals surface area contributed by atoms with Crippen LogP contribution in [-0.4, -0.2) is 15.2 Å². The van der Waals surface area contributed by atoms with E-state index in [1.54, 1.807) is 0 Å². The molecule has 0 spiro atoms. The second-order valence-electron chi connectivity index (χ2n) is 4.31. The van der Waals surface area contributed by atoms with E-state index in [0.29, 0.717) is 0 Å². The van der Waals surface area contributed by atoms with Gasteiger partial charge in [0.15, 0.2) is 0 Å². The van der Waals surface area contributed by atoms with Gasteiger partial charge in [0.2, 0.25) is 0 Å². The average Bonchev–Trinajstić information content (AvgIpc) is 2.71. The van der Waals surface area contributed by atoms with Crippen LogP contribution in [0.1, 0.15) is 11.3 Å². The third kappa shape index (κ3) is 1.69. The standard InChI is InChI=1S/C14H13N3/c1-9-3-4-13-12(7-9)14(17-16-13)11-5-6-15-10(2)8-11/h3-8H,1-2H3,(H,16,17). The summed E-state index contributed by atoms with van der Waals surface area (Å²) in [5.41, 5.74) is 5.42. The first-order valence-corrected chi connectivity index (χ1v) is 5.62. The summed E-state index contributed by atoms with van der Waals surface area (Å²) in [6, 6.07) is 10.4. The van der Waals surface area contributed by atoms with E-state index in [9.17, 15) is 0 Å². The minimum absolute atomic E-state index is 0.995. The van der Waals surface area contributed by atoms with Gasteiger partial charge in [0.1, 0.15) is 5.69 Å². The summed E-state index contributed by atoms with van der Waals surface area (Å²) >= 11 is 0. The third-order valence-electron chi connectivity index (χ3n) is 2.89. The van der Waals surface area contributed by atoms with Gasteiger partial charge in [-0.3, -0.25) is 10.1 Å². The monoisotopic (exact) mass is 223 g/mol. The van der Waals surface area contributed by atoms with E-state index in [1.807, 2.05) is 19.2 Å². The highest BCUT2D eigenvalue weighted by Gasteiger charge is 2.08. The molecule has 0 atom stereocenters. The summed E-state index contributed by atoms with van der Waals surface area (Å²) < 4.78 is 0. The molecule has 3 nitrogen and oxygen atoms in total. The molecule has 0 aliphatic carbocycles. The van der Waals surface area contributed by atoms with Gasteiger partial charge in [0, 0.05) is 22.8 Å². The molecule has 0 radical (unpaired) electrons. The summed E-state index contributed by atoms with van der Waals surface area (Å²) in [4.78, 5) is 4.21. The molecule has 2 aromatic heterocycles. The van der Waals surface area contributed by atoms with Crippen LogP contribution in [0, 0.1) is 13.8 Å². The molecule has 84 valence electrons. The van der Waals surface area contributed by atoms with Crippen LogP contribution in [0.25, 0.3) is 22.2 Å². The van der Waals surface area contributed by atoms with Gasteiger partial charge in [0.05, 0.1) is 5.52 Å². The molecule has 0 amide bonds. The Morgan fingerprint density at radius 1 is 1.06 bits per heavy atom. The highest BCUT2D eigenvalue weighted by atomic mass is 15.1. The van der Waals surface area contributed by atoms with Crippen LogP contribution in [0.3, 0.4) is 0 Å². The number of benzene rings is 1. The molecule has 1 aromatic carbocycles. The maximum absolute atomic E-state index is 4.39. The second-order valence-corrected chi connectivity index (χ2v) is 4.31. The summed E-state index contributed by atoms with van der Waals surface area (Å²) in [5.74, 6) is 0. The quantitative estimate of drug-likeness (QED) is 0.688. The van der Waals surface area contributed by atoms with Crippen LogP contribution in [0.2, 0.25) is 0 Å². The Morgan fingerprint density at radius 3 is 2.76 bits per heavy atom. The van der Waals surface area contributed by atoms with Crippen molar-refractivity contribution >= 4 is 10.9 Å². The zero-order valence-corrected chi connectivity index (χ0v) is 9.86. The largest absolute Gasteiger partial charge is 0.277 e. The molecule has 0 saturated carbocycles.